The Morgan fingerprint density at radius 1 is 1.03 bits per heavy atom. The van der Waals surface area contributed by atoms with E-state index in [0.717, 1.165) is 25.9 Å². The molecular formula is C26H48N4O7. The molecule has 0 aromatic rings. The van der Waals surface area contributed by atoms with E-state index in [1.54, 1.807) is 0 Å². The Kier molecular flexibility index (Phi) is 13.8. The molecule has 0 aromatic carbocycles. The molecule has 2 rings (SSSR count). The van der Waals surface area contributed by atoms with Crippen molar-refractivity contribution in [3.05, 3.63) is 0 Å². The number of rotatable bonds is 16. The average molecular weight is 529 g/mol. The maximum Gasteiger partial charge on any atom is 0.323 e. The summed E-state index contributed by atoms with van der Waals surface area (Å²) in [6.45, 7) is 14.5. The topological polar surface area (TPSA) is 127 Å². The normalized spacial score (nSPS) is 22.0. The van der Waals surface area contributed by atoms with Crippen LogP contribution in [-0.2, 0) is 33.3 Å². The molecule has 0 aliphatic carbocycles. The fourth-order valence-corrected chi connectivity index (χ4v) is 4.11. The van der Waals surface area contributed by atoms with Crippen LogP contribution < -0.4 is 16.0 Å². The standard InChI is InChI=1S/C26H48N4O7/c1-19(2)27-9-10-34-11-12-35-13-14-36-17-23(31)30-16-20(37-25(33)21-7-6-8-28-21)15-22(30)24(32)29-18-26(3,4)5/h19-22,27-28H,6-18H2,1-5H3,(H,29,32). The van der Waals surface area contributed by atoms with Crippen LogP contribution in [0, 0.1) is 5.41 Å². The largest absolute Gasteiger partial charge is 0.459 e. The first-order valence-corrected chi connectivity index (χ1v) is 13.5. The predicted molar refractivity (Wildman–Crippen MR) is 139 cm³/mol. The average Bonchev–Trinajstić information content (AvgIpc) is 3.51. The number of esters is 1. The van der Waals surface area contributed by atoms with Crippen molar-refractivity contribution in [2.24, 2.45) is 5.41 Å². The molecule has 0 radical (unpaired) electrons. The van der Waals surface area contributed by atoms with Crippen molar-refractivity contribution in [2.75, 3.05) is 65.8 Å². The molecule has 0 saturated carbocycles. The Morgan fingerprint density at radius 2 is 1.70 bits per heavy atom. The van der Waals surface area contributed by atoms with Gasteiger partial charge >= 0.3 is 5.97 Å². The van der Waals surface area contributed by atoms with E-state index >= 15 is 0 Å². The first-order valence-electron chi connectivity index (χ1n) is 13.5. The number of likely N-dealkylation sites (tertiary alicyclic amines) is 1. The Bertz CT molecular complexity index is 708. The quantitative estimate of drug-likeness (QED) is 0.193. The van der Waals surface area contributed by atoms with Gasteiger partial charge in [0.2, 0.25) is 11.8 Å². The minimum Gasteiger partial charge on any atom is -0.459 e. The third-order valence-corrected chi connectivity index (χ3v) is 6.07. The van der Waals surface area contributed by atoms with Gasteiger partial charge in [-0.25, -0.2) is 0 Å². The highest BCUT2D eigenvalue weighted by molar-refractivity contribution is 5.89. The summed E-state index contributed by atoms with van der Waals surface area (Å²) in [4.78, 5) is 39.8. The molecule has 0 bridgehead atoms. The van der Waals surface area contributed by atoms with Gasteiger partial charge in [-0.3, -0.25) is 14.4 Å². The van der Waals surface area contributed by atoms with Crippen LogP contribution in [0.1, 0.15) is 53.9 Å². The lowest BCUT2D eigenvalue weighted by Crippen LogP contribution is -2.48. The van der Waals surface area contributed by atoms with Crippen molar-refractivity contribution in [1.82, 2.24) is 20.9 Å². The second-order valence-electron chi connectivity index (χ2n) is 11.2. The first-order chi connectivity index (χ1) is 17.6. The number of ether oxygens (including phenoxy) is 4. The lowest BCUT2D eigenvalue weighted by Gasteiger charge is -2.25. The predicted octanol–water partition coefficient (Wildman–Crippen LogP) is 0.461. The van der Waals surface area contributed by atoms with Gasteiger partial charge in [0.15, 0.2) is 0 Å². The number of nitrogens with one attached hydrogen (secondary N) is 3. The van der Waals surface area contributed by atoms with E-state index in [2.05, 4.69) is 29.8 Å². The minimum absolute atomic E-state index is 0.0950. The zero-order valence-electron chi connectivity index (χ0n) is 23.3. The van der Waals surface area contributed by atoms with Crippen LogP contribution in [0.2, 0.25) is 0 Å². The van der Waals surface area contributed by atoms with E-state index in [0.29, 0.717) is 39.0 Å². The Labute approximate surface area is 221 Å². The van der Waals surface area contributed by atoms with Gasteiger partial charge in [-0.05, 0) is 24.8 Å². The molecule has 3 atom stereocenters. The number of nitrogens with zero attached hydrogens (tertiary/aromatic N) is 1. The van der Waals surface area contributed by atoms with Gasteiger partial charge in [0.1, 0.15) is 24.8 Å². The maximum absolute atomic E-state index is 12.9. The molecule has 2 aliphatic rings. The molecule has 2 heterocycles. The molecule has 2 fully saturated rings. The summed E-state index contributed by atoms with van der Waals surface area (Å²) in [6, 6.07) is -0.585. The Hall–Kier alpha value is -1.79. The Morgan fingerprint density at radius 3 is 2.32 bits per heavy atom. The zero-order valence-corrected chi connectivity index (χ0v) is 23.3. The van der Waals surface area contributed by atoms with Gasteiger partial charge < -0.3 is 39.8 Å². The molecule has 2 aliphatic heterocycles. The van der Waals surface area contributed by atoms with Crippen LogP contribution in [0.4, 0.5) is 0 Å². The number of carbonyl (C=O) groups excluding carboxylic acids is 3. The third kappa shape index (κ3) is 12.5. The van der Waals surface area contributed by atoms with Crippen LogP contribution in [-0.4, -0.2) is 113 Å². The second kappa shape index (κ2) is 16.2. The van der Waals surface area contributed by atoms with Gasteiger partial charge in [0, 0.05) is 25.6 Å². The molecule has 2 amide bonds. The van der Waals surface area contributed by atoms with Crippen molar-refractivity contribution in [3.63, 3.8) is 0 Å². The molecule has 0 spiro atoms. The summed E-state index contributed by atoms with van der Waals surface area (Å²) in [5, 5.41) is 9.33. The third-order valence-electron chi connectivity index (χ3n) is 6.07. The van der Waals surface area contributed by atoms with Gasteiger partial charge in [-0.2, -0.15) is 0 Å². The second-order valence-corrected chi connectivity index (χ2v) is 11.2. The molecule has 3 unspecified atom stereocenters. The summed E-state index contributed by atoms with van der Waals surface area (Å²) >= 11 is 0. The molecule has 11 heteroatoms. The number of carbonyl (C=O) groups is 3. The highest BCUT2D eigenvalue weighted by Gasteiger charge is 2.42. The van der Waals surface area contributed by atoms with Gasteiger partial charge in [-0.15, -0.1) is 0 Å². The van der Waals surface area contributed by atoms with Crippen molar-refractivity contribution in [2.45, 2.75) is 78.1 Å². The van der Waals surface area contributed by atoms with E-state index in [1.165, 1.54) is 4.90 Å². The summed E-state index contributed by atoms with van der Waals surface area (Å²) in [6.07, 6.45) is 1.41. The molecule has 11 nitrogen and oxygen atoms in total. The van der Waals surface area contributed by atoms with E-state index in [-0.39, 0.29) is 55.4 Å². The van der Waals surface area contributed by atoms with Crippen LogP contribution >= 0.6 is 0 Å². The number of hydrogen-bond acceptors (Lipinski definition) is 9. The Balaban J connectivity index is 1.74. The highest BCUT2D eigenvalue weighted by atomic mass is 16.6. The van der Waals surface area contributed by atoms with Crippen molar-refractivity contribution in [1.29, 1.82) is 0 Å². The smallest absolute Gasteiger partial charge is 0.323 e. The molecule has 2 saturated heterocycles. The van der Waals surface area contributed by atoms with Crippen LogP contribution in [0.5, 0.6) is 0 Å². The fourth-order valence-electron chi connectivity index (χ4n) is 4.11. The van der Waals surface area contributed by atoms with E-state index in [4.69, 9.17) is 18.9 Å². The zero-order chi connectivity index (χ0) is 27.3. The fraction of sp³-hybridized carbons (Fsp3) is 0.885. The minimum atomic E-state index is -0.702. The van der Waals surface area contributed by atoms with Crippen LogP contribution in [0.25, 0.3) is 0 Å². The lowest BCUT2D eigenvalue weighted by molar-refractivity contribution is -0.151. The number of amides is 2. The van der Waals surface area contributed by atoms with E-state index in [1.807, 2.05) is 20.8 Å². The van der Waals surface area contributed by atoms with Crippen molar-refractivity contribution < 1.29 is 33.3 Å². The number of hydrogen-bond donors (Lipinski definition) is 3. The summed E-state index contributed by atoms with van der Waals surface area (Å²) < 4.78 is 22.1. The monoisotopic (exact) mass is 528 g/mol. The van der Waals surface area contributed by atoms with Gasteiger partial charge in [0.25, 0.3) is 0 Å². The highest BCUT2D eigenvalue weighted by Crippen LogP contribution is 2.23. The van der Waals surface area contributed by atoms with Crippen LogP contribution in [0.15, 0.2) is 0 Å². The molecule has 214 valence electrons. The lowest BCUT2D eigenvalue weighted by atomic mass is 9.97. The summed E-state index contributed by atoms with van der Waals surface area (Å²) in [5.41, 5.74) is -0.0950. The van der Waals surface area contributed by atoms with Crippen LogP contribution in [0.3, 0.4) is 0 Å². The molecular weight excluding hydrogens is 480 g/mol. The maximum atomic E-state index is 12.9. The molecule has 37 heavy (non-hydrogen) atoms. The van der Waals surface area contributed by atoms with Gasteiger partial charge in [-0.1, -0.05) is 34.6 Å². The van der Waals surface area contributed by atoms with Crippen molar-refractivity contribution in [3.8, 4) is 0 Å². The summed E-state index contributed by atoms with van der Waals surface area (Å²) in [7, 11) is 0. The van der Waals surface area contributed by atoms with Crippen molar-refractivity contribution >= 4 is 17.8 Å². The molecule has 0 aromatic heterocycles. The van der Waals surface area contributed by atoms with Gasteiger partial charge in [0.05, 0.1) is 39.6 Å². The van der Waals surface area contributed by atoms with E-state index < -0.39 is 12.1 Å². The molecule has 3 N–H and O–H groups in total. The summed E-state index contributed by atoms with van der Waals surface area (Å²) in [5.74, 6) is -0.874. The first kappa shape index (κ1) is 31.4. The SMILES string of the molecule is CC(C)NCCOCCOCCOCC(=O)N1CC(OC(=O)C2CCCN2)CC1C(=O)NCC(C)(C)C. The van der Waals surface area contributed by atoms with E-state index in [9.17, 15) is 14.4 Å².